The number of carbonyl (C=O) groups excluding carboxylic acids is 1. The van der Waals surface area contributed by atoms with Crippen molar-refractivity contribution in [3.63, 3.8) is 0 Å². The van der Waals surface area contributed by atoms with Gasteiger partial charge in [-0.3, -0.25) is 28.2 Å². The first-order valence-electron chi connectivity index (χ1n) is 26.3. The molecule has 7 heterocycles. The van der Waals surface area contributed by atoms with E-state index in [4.69, 9.17) is 19.3 Å². The SMILES string of the molecule is O=C(CCCCCNS(=O)(=O)c1ccc(C2=c3cc4c5c(c3Oc3c2cc2c6c3CCCN6CCC2)CCC[N+]=5CCC4)c(S(=O)(=O)O)c1)NC/C=C/c1cn([C@@H]2O[C@H](COP(=O)(O)OP(=O)(O)OP(=O)(O)O)[C@@H](O)[C@H]2O)c(=O)[nH]c1=O. The van der Waals surface area contributed by atoms with E-state index < -0.39 is 96.8 Å². The number of unbranched alkanes of at least 4 members (excludes halogenated alkanes) is 2. The number of anilines is 1. The molecule has 0 radical (unpaired) electrons. The number of H-pyrrole nitrogens is 1. The minimum absolute atomic E-state index is 0.0228. The molecule has 1 amide bonds. The highest BCUT2D eigenvalue weighted by molar-refractivity contribution is 7.89. The lowest BCUT2D eigenvalue weighted by atomic mass is 9.82. The second-order valence-corrected chi connectivity index (χ2v) is 28.2. The lowest BCUT2D eigenvalue weighted by Gasteiger charge is -2.39. The third kappa shape index (κ3) is 12.8. The zero-order valence-corrected chi connectivity index (χ0v) is 47.9. The van der Waals surface area contributed by atoms with Gasteiger partial charge < -0.3 is 49.5 Å². The number of aryl methyl sites for hydroxylation is 2. The number of phosphoric acid groups is 3. The number of aliphatic hydroxyl groups is 2. The van der Waals surface area contributed by atoms with Gasteiger partial charge in [-0.25, -0.2) is 36.2 Å². The number of sulfonamides is 1. The lowest BCUT2D eigenvalue weighted by molar-refractivity contribution is -0.121. The van der Waals surface area contributed by atoms with Crippen molar-refractivity contribution in [3.8, 4) is 11.5 Å². The van der Waals surface area contributed by atoms with Crippen LogP contribution in [0.25, 0.3) is 11.6 Å². The van der Waals surface area contributed by atoms with E-state index in [0.717, 1.165) is 112 Å². The van der Waals surface area contributed by atoms with Crippen LogP contribution in [0, 0.1) is 0 Å². The maximum Gasteiger partial charge on any atom is 0.490 e. The third-order valence-corrected chi connectivity index (χ3v) is 21.2. The van der Waals surface area contributed by atoms with E-state index in [1.165, 1.54) is 35.3 Å². The first-order valence-corrected chi connectivity index (χ1v) is 33.8. The summed E-state index contributed by atoms with van der Waals surface area (Å²) in [7, 11) is -26.6. The number of nitrogens with zero attached hydrogens (tertiary/aromatic N) is 3. The van der Waals surface area contributed by atoms with Gasteiger partial charge in [0, 0.05) is 90.4 Å². The highest BCUT2D eigenvalue weighted by Crippen LogP contribution is 2.66. The van der Waals surface area contributed by atoms with Crippen LogP contribution in [-0.4, -0.2) is 131 Å². The molecule has 1 aromatic heterocycles. The molecule has 28 nitrogen and oxygen atoms in total. The van der Waals surface area contributed by atoms with Crippen LogP contribution in [0.2, 0.25) is 0 Å². The van der Waals surface area contributed by atoms with Crippen LogP contribution in [0.4, 0.5) is 5.69 Å². The summed E-state index contributed by atoms with van der Waals surface area (Å²) in [4.78, 5) is 78.0. The van der Waals surface area contributed by atoms with E-state index in [-0.39, 0.29) is 35.5 Å². The zero-order valence-electron chi connectivity index (χ0n) is 43.6. The standard InChI is InChI=1S/C49H59N6O22P3S2/c56-39(50-17-4-9-30-26-55(49(60)52-47(30)59)48-44(58)43(57)37(74-48)27-73-79(64,65)77-80(66,67)76-78(61,62)63)14-2-1-3-18-51-81(68,69)31-15-16-32(38(25-31)82(70,71)72)40-35-23-28-10-5-19-53-21-7-12-33(41(28)53)45(35)75-46-34-13-8-22-54-20-6-11-29(42(34)54)24-36(40)46/h4,9,15-16,23-26,37,43-44,48,51,57-58H,1-3,5-8,10-14,17-22,27H2,(H6-,50,52,56,59,60,61,62,63,64,65,66,67,70,71,72)/p+1/b9-4+/t37-,43-,44-,48-/m1/s1. The lowest BCUT2D eigenvalue weighted by Crippen LogP contribution is -2.45. The van der Waals surface area contributed by atoms with Crippen LogP contribution in [0.3, 0.4) is 0 Å². The maximum absolute atomic E-state index is 13.8. The van der Waals surface area contributed by atoms with E-state index in [9.17, 15) is 69.5 Å². The van der Waals surface area contributed by atoms with Crippen molar-refractivity contribution in [2.75, 3.05) is 50.8 Å². The van der Waals surface area contributed by atoms with Crippen LogP contribution in [-0.2, 0) is 82.2 Å². The second kappa shape index (κ2) is 23.4. The van der Waals surface area contributed by atoms with E-state index >= 15 is 0 Å². The summed E-state index contributed by atoms with van der Waals surface area (Å²) in [5.74, 6) is 0.920. The van der Waals surface area contributed by atoms with Crippen LogP contribution < -0.4 is 46.1 Å². The van der Waals surface area contributed by atoms with Crippen molar-refractivity contribution < 1.29 is 92.3 Å². The normalized spacial score (nSPS) is 21.9. The number of hydrogen-bond donors (Lipinski definition) is 10. The monoisotopic (exact) mass is 1240 g/mol. The Hall–Kier alpha value is -5.07. The summed E-state index contributed by atoms with van der Waals surface area (Å²) in [5, 5.41) is 25.6. The Morgan fingerprint density at radius 1 is 0.841 bits per heavy atom. The summed E-state index contributed by atoms with van der Waals surface area (Å²) in [5.41, 5.74) is 4.76. The molecule has 4 aromatic rings. The molecular formula is C49H60N6O22P3S2+. The molecule has 6 atom stereocenters. The number of rotatable bonds is 21. The maximum atomic E-state index is 13.8. The third-order valence-electron chi connectivity index (χ3n) is 15.0. The van der Waals surface area contributed by atoms with E-state index in [2.05, 4.69) is 44.8 Å². The summed E-state index contributed by atoms with van der Waals surface area (Å²) in [6.07, 6.45) is 4.11. The van der Waals surface area contributed by atoms with Crippen LogP contribution >= 0.6 is 23.5 Å². The molecule has 444 valence electrons. The Bertz CT molecular complexity index is 3940. The number of fused-ring (bicyclic) bond motifs is 4. The summed E-state index contributed by atoms with van der Waals surface area (Å²) < 4.78 is 130. The minimum Gasteiger partial charge on any atom is -0.455 e. The van der Waals surface area contributed by atoms with Gasteiger partial charge in [-0.15, -0.1) is 0 Å². The summed E-state index contributed by atoms with van der Waals surface area (Å²) in [6.45, 7) is 2.38. The Morgan fingerprint density at radius 2 is 1.56 bits per heavy atom. The fourth-order valence-corrected chi connectivity index (χ4v) is 16.5. The van der Waals surface area contributed by atoms with Crippen molar-refractivity contribution in [1.82, 2.24) is 24.2 Å². The topological polar surface area (TPSA) is 409 Å². The van der Waals surface area contributed by atoms with Crippen molar-refractivity contribution in [2.45, 2.75) is 111 Å². The molecule has 6 aliphatic heterocycles. The van der Waals surface area contributed by atoms with Crippen LogP contribution in [0.5, 0.6) is 11.5 Å². The first-order chi connectivity index (χ1) is 38.7. The Labute approximate surface area is 468 Å². The van der Waals surface area contributed by atoms with Gasteiger partial charge in [-0.05, 0) is 81.2 Å². The molecule has 10 rings (SSSR count). The zero-order chi connectivity index (χ0) is 58.7. The molecule has 10 N–H and O–H groups in total. The number of hydrogen-bond acceptors (Lipinski definition) is 18. The van der Waals surface area contributed by atoms with E-state index in [0.29, 0.717) is 51.7 Å². The van der Waals surface area contributed by atoms with Crippen molar-refractivity contribution in [1.29, 1.82) is 0 Å². The molecule has 0 saturated carbocycles. The minimum atomic E-state index is -5.87. The largest absolute Gasteiger partial charge is 0.490 e. The second-order valence-electron chi connectivity index (χ2n) is 20.6. The van der Waals surface area contributed by atoms with Gasteiger partial charge in [0.1, 0.15) is 47.8 Å². The number of phosphoric ester groups is 1. The van der Waals surface area contributed by atoms with Crippen molar-refractivity contribution in [3.05, 3.63) is 113 Å². The quantitative estimate of drug-likeness (QED) is 0.0211. The molecule has 0 aliphatic carbocycles. The molecule has 33 heteroatoms. The Morgan fingerprint density at radius 3 is 2.30 bits per heavy atom. The van der Waals surface area contributed by atoms with Crippen molar-refractivity contribution >= 4 is 66.9 Å². The van der Waals surface area contributed by atoms with Crippen LogP contribution in [0.1, 0.15) is 96.5 Å². The van der Waals surface area contributed by atoms with Gasteiger partial charge in [0.2, 0.25) is 21.3 Å². The smallest absolute Gasteiger partial charge is 0.455 e. The van der Waals surface area contributed by atoms with E-state index in [1.807, 2.05) is 4.98 Å². The highest BCUT2D eigenvalue weighted by atomic mass is 32.2. The van der Waals surface area contributed by atoms with Gasteiger partial charge in [-0.1, -0.05) is 24.6 Å². The van der Waals surface area contributed by atoms with Gasteiger partial charge in [0.15, 0.2) is 6.23 Å². The molecule has 1 fully saturated rings. The average molecular weight is 1240 g/mol. The fraction of sp³-hybridized carbons (Fsp3) is 0.469. The molecule has 0 spiro atoms. The average Bonchev–Trinajstić information content (AvgIpc) is 1.05. The van der Waals surface area contributed by atoms with Gasteiger partial charge in [0.05, 0.1) is 22.6 Å². The predicted octanol–water partition coefficient (Wildman–Crippen LogP) is 0.849. The van der Waals surface area contributed by atoms with Gasteiger partial charge >= 0.3 is 29.2 Å². The number of nitrogens with one attached hydrogen (secondary N) is 3. The predicted molar refractivity (Wildman–Crippen MR) is 289 cm³/mol. The molecule has 1 saturated heterocycles. The molecule has 2 unspecified atom stereocenters. The number of aromatic nitrogens is 2. The molecule has 6 aliphatic rings. The van der Waals surface area contributed by atoms with E-state index in [1.54, 1.807) is 0 Å². The number of ether oxygens (including phenoxy) is 2. The van der Waals surface area contributed by atoms with Gasteiger partial charge in [0.25, 0.3) is 15.7 Å². The van der Waals surface area contributed by atoms with Crippen molar-refractivity contribution in [2.24, 2.45) is 0 Å². The fourth-order valence-electron chi connectivity index (χ4n) is 11.6. The number of benzene rings is 3. The number of carbonyl (C=O) groups is 1. The number of aromatic amines is 1. The molecule has 82 heavy (non-hydrogen) atoms. The first kappa shape index (κ1) is 60.1. The summed E-state index contributed by atoms with van der Waals surface area (Å²) >= 11 is 0. The molecular weight excluding hydrogens is 1180 g/mol. The molecule has 0 bridgehead atoms. The Kier molecular flexibility index (Phi) is 17.2. The van der Waals surface area contributed by atoms with Crippen LogP contribution in [0.15, 0.2) is 62.0 Å². The molecule has 3 aromatic carbocycles. The Balaban J connectivity index is 0.760. The van der Waals surface area contributed by atoms with Gasteiger partial charge in [-0.2, -0.15) is 17.0 Å². The number of amides is 1. The number of aliphatic hydroxyl groups excluding tert-OH is 2. The summed E-state index contributed by atoms with van der Waals surface area (Å²) in [6, 6.07) is 7.95. The highest BCUT2D eigenvalue weighted by Gasteiger charge is 2.47.